The predicted octanol–water partition coefficient (Wildman–Crippen LogP) is 6.74. The number of ether oxygens (including phenoxy) is 2. The van der Waals surface area contributed by atoms with Gasteiger partial charge in [-0.3, -0.25) is 48.3 Å². The van der Waals surface area contributed by atoms with Crippen molar-refractivity contribution in [2.75, 3.05) is 36.8 Å². The van der Waals surface area contributed by atoms with Gasteiger partial charge in [-0.2, -0.15) is 17.6 Å². The van der Waals surface area contributed by atoms with Gasteiger partial charge in [-0.05, 0) is 99.9 Å². The lowest BCUT2D eigenvalue weighted by Gasteiger charge is -2.18. The van der Waals surface area contributed by atoms with Gasteiger partial charge in [0.25, 0.3) is 22.9 Å². The lowest BCUT2D eigenvalue weighted by molar-refractivity contribution is -0.120. The Bertz CT molecular complexity index is 3120. The molecule has 2 aliphatic carbocycles. The van der Waals surface area contributed by atoms with Gasteiger partial charge in [0, 0.05) is 69.7 Å². The molecule has 2 saturated carbocycles. The Kier molecular flexibility index (Phi) is 15.0. The highest BCUT2D eigenvalue weighted by molar-refractivity contribution is 6.30. The van der Waals surface area contributed by atoms with Crippen molar-refractivity contribution in [1.29, 1.82) is 0 Å². The number of nitrogens with two attached hydrogens (primary N) is 1. The maximum atomic E-state index is 13.2. The van der Waals surface area contributed by atoms with Gasteiger partial charge in [0.15, 0.2) is 11.3 Å². The fourth-order valence-electron chi connectivity index (χ4n) is 8.25. The number of aromatic nitrogens is 6. The topological polar surface area (TPSA) is 245 Å². The maximum Gasteiger partial charge on any atom is 0.387 e. The van der Waals surface area contributed by atoms with Crippen LogP contribution in [-0.2, 0) is 30.1 Å². The smallest absolute Gasteiger partial charge is 0.387 e. The molecule has 0 unspecified atom stereocenters. The number of aromatic amines is 2. The number of carbonyl (C=O) groups excluding carboxylic acids is 4. The molecule has 376 valence electrons. The summed E-state index contributed by atoms with van der Waals surface area (Å²) in [5.41, 5.74) is 6.45. The number of nitrogens with one attached hydrogen (secondary N) is 4. The van der Waals surface area contributed by atoms with Crippen LogP contribution in [0.5, 0.6) is 11.5 Å². The minimum Gasteiger partial charge on any atom is -0.433 e. The van der Waals surface area contributed by atoms with E-state index in [1.807, 2.05) is 0 Å². The molecule has 0 bridgehead atoms. The average Bonchev–Trinajstić information content (AvgIpc) is 4.18. The van der Waals surface area contributed by atoms with E-state index >= 15 is 0 Å². The monoisotopic (exact) mass is 1010 g/mol. The van der Waals surface area contributed by atoms with E-state index in [2.05, 4.69) is 35.5 Å². The highest BCUT2D eigenvalue weighted by Gasteiger charge is 2.31. The summed E-state index contributed by atoms with van der Waals surface area (Å²) in [6.07, 6.45) is 7.52. The van der Waals surface area contributed by atoms with Gasteiger partial charge < -0.3 is 35.6 Å². The Morgan fingerprint density at radius 1 is 0.676 bits per heavy atom. The van der Waals surface area contributed by atoms with Gasteiger partial charge in [0.05, 0.1) is 28.4 Å². The molecule has 0 atom stereocenters. The first-order valence-electron chi connectivity index (χ1n) is 22.9. The second-order valence-corrected chi connectivity index (χ2v) is 18.0. The Morgan fingerprint density at radius 2 is 1.11 bits per heavy atom. The molecule has 71 heavy (non-hydrogen) atoms. The van der Waals surface area contributed by atoms with Crippen LogP contribution in [0.15, 0.2) is 58.1 Å². The molecule has 4 aromatic heterocycles. The molecule has 24 heteroatoms. The molecule has 4 fully saturated rings. The van der Waals surface area contributed by atoms with E-state index in [9.17, 15) is 46.3 Å². The number of rotatable bonds is 14. The number of aryl methyl sites for hydroxylation is 2. The fraction of sp³-hybridized carbons (Fsp3) is 0.404. The number of likely N-dealkylation sites (tertiary alicyclic amines) is 2. The molecule has 6 heterocycles. The molecule has 2 aliphatic heterocycles. The van der Waals surface area contributed by atoms with Gasteiger partial charge in [0.1, 0.15) is 33.2 Å². The summed E-state index contributed by atoms with van der Waals surface area (Å²) in [7, 11) is 3.05. The first-order valence-corrected chi connectivity index (χ1v) is 23.3. The normalized spacial score (nSPS) is 15.4. The van der Waals surface area contributed by atoms with Crippen LogP contribution in [-0.4, -0.2) is 102 Å². The van der Waals surface area contributed by atoms with Crippen molar-refractivity contribution in [3.05, 3.63) is 91.2 Å². The van der Waals surface area contributed by atoms with Crippen molar-refractivity contribution >= 4 is 79.9 Å². The Morgan fingerprint density at radius 3 is 1.52 bits per heavy atom. The minimum atomic E-state index is -3.11. The summed E-state index contributed by atoms with van der Waals surface area (Å²) >= 11 is 6.03. The number of benzene rings is 2. The van der Waals surface area contributed by atoms with Crippen LogP contribution >= 0.6 is 11.6 Å². The van der Waals surface area contributed by atoms with Crippen molar-refractivity contribution < 1.29 is 46.2 Å². The van der Waals surface area contributed by atoms with Crippen molar-refractivity contribution in [1.82, 2.24) is 39.3 Å². The number of hydrogen-bond acceptors (Lipinski definition) is 12. The Hall–Kier alpha value is -7.43. The minimum absolute atomic E-state index is 0.0467. The zero-order valence-corrected chi connectivity index (χ0v) is 39.3. The van der Waals surface area contributed by atoms with E-state index in [0.717, 1.165) is 51.4 Å². The second kappa shape index (κ2) is 21.3. The van der Waals surface area contributed by atoms with Crippen LogP contribution in [0, 0.1) is 11.8 Å². The number of amides is 3. The fourth-order valence-corrected chi connectivity index (χ4v) is 8.44. The number of pyridine rings is 2. The molecule has 3 amide bonds. The van der Waals surface area contributed by atoms with E-state index in [4.69, 9.17) is 22.1 Å². The standard InChI is InChI=1S/C24H25F2N5O4.C19H18ClF2N5O3.C4H7NO/c1-30-23(34)20-17(11-15(27-21(20)29-30)12-18(32)13-4-5-13)28-16-7-6-14(10-19(16)35-24(25)26)22(33)31-8-2-3-9-31;1-26-18(29)15-12(9-14(20)24-16(15)25-26)23-11-5-4-10(8-13(11)30-19(21)22)17(28)27-6-2-3-7-27;5-4(6)3-1-2-3/h6-7,10-11,13,24H,2-5,8-9,12H2,1H3,(H2,27,28,29);4-5,8-9,19H,2-3,6-7H2,1H3,(H2,23,24,25);3H,1-2H2,(H2,5,6). The lowest BCUT2D eigenvalue weighted by atomic mass is 10.1. The number of halogens is 5. The van der Waals surface area contributed by atoms with E-state index in [1.165, 1.54) is 65.9 Å². The highest BCUT2D eigenvalue weighted by atomic mass is 35.5. The van der Waals surface area contributed by atoms with E-state index in [-0.39, 0.29) is 120 Å². The molecule has 2 saturated heterocycles. The van der Waals surface area contributed by atoms with E-state index in [0.29, 0.717) is 37.6 Å². The summed E-state index contributed by atoms with van der Waals surface area (Å²) in [4.78, 5) is 84.7. The molecule has 19 nitrogen and oxygen atoms in total. The Labute approximate surface area is 406 Å². The van der Waals surface area contributed by atoms with Gasteiger partial charge >= 0.3 is 13.2 Å². The Balaban J connectivity index is 0.000000172. The third kappa shape index (κ3) is 12.0. The number of nitrogens with zero attached hydrogens (tertiary/aromatic N) is 6. The number of alkyl halides is 4. The first kappa shape index (κ1) is 50.0. The molecule has 10 rings (SSSR count). The molecular formula is C47H50ClF4N11O8. The van der Waals surface area contributed by atoms with E-state index in [1.54, 1.807) is 15.9 Å². The van der Waals surface area contributed by atoms with Gasteiger partial charge in [-0.1, -0.05) is 11.6 Å². The molecule has 2 aromatic carbocycles. The quantitative estimate of drug-likeness (QED) is 0.0563. The van der Waals surface area contributed by atoms with Gasteiger partial charge in [0.2, 0.25) is 5.91 Å². The number of primary amides is 1. The number of H-pyrrole nitrogens is 2. The summed E-state index contributed by atoms with van der Waals surface area (Å²) in [5.74, 6) is -0.702. The zero-order chi connectivity index (χ0) is 50.7. The molecule has 6 N–H and O–H groups in total. The first-order chi connectivity index (χ1) is 33.9. The molecule has 4 aliphatic rings. The van der Waals surface area contributed by atoms with Crippen LogP contribution in [0.1, 0.15) is 77.8 Å². The van der Waals surface area contributed by atoms with Crippen LogP contribution in [0.3, 0.4) is 0 Å². The summed E-state index contributed by atoms with van der Waals surface area (Å²) in [5, 5.41) is 12.1. The number of hydrogen-bond donors (Lipinski definition) is 5. The summed E-state index contributed by atoms with van der Waals surface area (Å²) < 4.78 is 64.4. The molecule has 6 aromatic rings. The predicted molar refractivity (Wildman–Crippen MR) is 254 cm³/mol. The molecule has 0 spiro atoms. The maximum absolute atomic E-state index is 13.2. The molecular weight excluding hydrogens is 958 g/mol. The number of fused-ring (bicyclic) bond motifs is 2. The largest absolute Gasteiger partial charge is 0.433 e. The van der Waals surface area contributed by atoms with Crippen molar-refractivity contribution in [3.63, 3.8) is 0 Å². The highest BCUT2D eigenvalue weighted by Crippen LogP contribution is 2.36. The van der Waals surface area contributed by atoms with Gasteiger partial charge in [-0.25, -0.2) is 9.97 Å². The van der Waals surface area contributed by atoms with Crippen LogP contribution in [0.25, 0.3) is 22.1 Å². The van der Waals surface area contributed by atoms with Crippen LogP contribution in [0.4, 0.5) is 40.3 Å². The summed E-state index contributed by atoms with van der Waals surface area (Å²) in [6, 6.07) is 11.5. The SMILES string of the molecule is Cn1[nH]c2nc(CC(=O)C3CC3)cc(Nc3ccc(C(=O)N4CCCC4)cc3OC(F)F)c2c1=O.Cn1[nH]c2nc(Cl)cc(Nc3ccc(C(=O)N4CCCC4)cc3OC(F)F)c2c1=O.NC(=O)C1CC1. The molecule has 0 radical (unpaired) electrons. The number of anilines is 4. The third-order valence-electron chi connectivity index (χ3n) is 12.2. The number of Topliss-reactive ketones (excluding diaryl/α,β-unsaturated/α-hetero) is 1. The van der Waals surface area contributed by atoms with Crippen molar-refractivity contribution in [2.24, 2.45) is 31.7 Å². The van der Waals surface area contributed by atoms with Crippen molar-refractivity contribution in [2.45, 2.75) is 71.0 Å². The van der Waals surface area contributed by atoms with E-state index < -0.39 is 13.2 Å². The zero-order valence-electron chi connectivity index (χ0n) is 38.5. The van der Waals surface area contributed by atoms with Gasteiger partial charge in [-0.15, -0.1) is 0 Å². The average molecular weight is 1010 g/mol. The number of carbonyl (C=O) groups is 4. The van der Waals surface area contributed by atoms with Crippen LogP contribution in [0.2, 0.25) is 5.15 Å². The van der Waals surface area contributed by atoms with Crippen molar-refractivity contribution in [3.8, 4) is 11.5 Å². The second-order valence-electron chi connectivity index (χ2n) is 17.6. The lowest BCUT2D eigenvalue weighted by Crippen LogP contribution is -2.27. The summed E-state index contributed by atoms with van der Waals surface area (Å²) in [6.45, 7) is -3.70. The van der Waals surface area contributed by atoms with Crippen LogP contribution < -0.4 is 37.0 Å². The third-order valence-corrected chi connectivity index (χ3v) is 12.4. The number of ketones is 1.